The minimum Gasteiger partial charge on any atom is -0.469 e. The predicted molar refractivity (Wildman–Crippen MR) is 56.0 cm³/mol. The molecule has 5 nitrogen and oxygen atoms in total. The Morgan fingerprint density at radius 3 is 3.06 bits per heavy atom. The largest absolute Gasteiger partial charge is 0.469 e. The first kappa shape index (κ1) is 11.2. The molecule has 1 aliphatic heterocycles. The van der Waals surface area contributed by atoms with Crippen LogP contribution < -0.4 is 0 Å². The van der Waals surface area contributed by atoms with E-state index in [0.29, 0.717) is 19.4 Å². The summed E-state index contributed by atoms with van der Waals surface area (Å²) in [4.78, 5) is 23.6. The molecule has 3 rings (SSSR count). The monoisotopic (exact) mass is 240 g/mol. The van der Waals surface area contributed by atoms with Crippen LogP contribution in [0, 0.1) is 17.8 Å². The van der Waals surface area contributed by atoms with E-state index in [1.807, 2.05) is 0 Å². The molecule has 2 saturated carbocycles. The van der Waals surface area contributed by atoms with Gasteiger partial charge < -0.3 is 14.2 Å². The third-order valence-corrected chi connectivity index (χ3v) is 4.47. The van der Waals surface area contributed by atoms with Crippen LogP contribution in [0.4, 0.5) is 0 Å². The van der Waals surface area contributed by atoms with Crippen LogP contribution in [-0.4, -0.2) is 37.9 Å². The SMILES string of the molecule is COC(=O)C1CC(=O)[C@@H]2C[C@H]3COCO[C@]32C1. The van der Waals surface area contributed by atoms with Gasteiger partial charge in [0.1, 0.15) is 12.6 Å². The lowest BCUT2D eigenvalue weighted by atomic mass is 9.52. The molecule has 17 heavy (non-hydrogen) atoms. The molecular weight excluding hydrogens is 224 g/mol. The molecule has 4 atom stereocenters. The molecule has 94 valence electrons. The van der Waals surface area contributed by atoms with Crippen molar-refractivity contribution >= 4 is 11.8 Å². The van der Waals surface area contributed by atoms with E-state index >= 15 is 0 Å². The molecule has 2 aliphatic carbocycles. The van der Waals surface area contributed by atoms with Crippen molar-refractivity contribution in [1.82, 2.24) is 0 Å². The van der Waals surface area contributed by atoms with Crippen molar-refractivity contribution < 1.29 is 23.8 Å². The standard InChI is InChI=1S/C12H16O5/c1-15-11(14)7-2-10(13)9-3-8-5-16-6-17-12(8,9)4-7/h7-9H,2-6H2,1H3/t7?,8-,9-,12+/m0/s1. The number of methoxy groups -OCH3 is 1. The summed E-state index contributed by atoms with van der Waals surface area (Å²) in [6.45, 7) is 0.867. The second kappa shape index (κ2) is 3.78. The summed E-state index contributed by atoms with van der Waals surface area (Å²) < 4.78 is 15.7. The van der Waals surface area contributed by atoms with Gasteiger partial charge in [-0.1, -0.05) is 0 Å². The number of rotatable bonds is 1. The summed E-state index contributed by atoms with van der Waals surface area (Å²) in [6.07, 6.45) is 1.74. The summed E-state index contributed by atoms with van der Waals surface area (Å²) in [5.41, 5.74) is -0.438. The first-order chi connectivity index (χ1) is 8.17. The fourth-order valence-corrected chi connectivity index (χ4v) is 3.52. The summed E-state index contributed by atoms with van der Waals surface area (Å²) >= 11 is 0. The van der Waals surface area contributed by atoms with Gasteiger partial charge in [-0.15, -0.1) is 0 Å². The number of hydrogen-bond acceptors (Lipinski definition) is 5. The van der Waals surface area contributed by atoms with Gasteiger partial charge in [0.05, 0.1) is 25.2 Å². The van der Waals surface area contributed by atoms with Crippen LogP contribution in [0.2, 0.25) is 0 Å². The first-order valence-corrected chi connectivity index (χ1v) is 5.99. The fourth-order valence-electron chi connectivity index (χ4n) is 3.52. The highest BCUT2D eigenvalue weighted by atomic mass is 16.7. The zero-order valence-electron chi connectivity index (χ0n) is 9.81. The smallest absolute Gasteiger partial charge is 0.309 e. The lowest BCUT2D eigenvalue weighted by Gasteiger charge is -2.59. The van der Waals surface area contributed by atoms with E-state index in [1.54, 1.807) is 0 Å². The van der Waals surface area contributed by atoms with Crippen LogP contribution in [0.15, 0.2) is 0 Å². The maximum Gasteiger partial charge on any atom is 0.309 e. The number of ketones is 1. The number of hydrogen-bond donors (Lipinski definition) is 0. The van der Waals surface area contributed by atoms with E-state index in [1.165, 1.54) is 7.11 Å². The molecule has 0 bridgehead atoms. The maximum absolute atomic E-state index is 12.0. The molecule has 0 aromatic rings. The van der Waals surface area contributed by atoms with Gasteiger partial charge in [-0.2, -0.15) is 0 Å². The van der Waals surface area contributed by atoms with Gasteiger partial charge in [0.25, 0.3) is 0 Å². The summed E-state index contributed by atoms with van der Waals surface area (Å²) in [7, 11) is 1.36. The molecule has 0 radical (unpaired) electrons. The van der Waals surface area contributed by atoms with E-state index in [2.05, 4.69) is 0 Å². The van der Waals surface area contributed by atoms with Crippen LogP contribution in [0.25, 0.3) is 0 Å². The van der Waals surface area contributed by atoms with Crippen molar-refractivity contribution in [2.75, 3.05) is 20.5 Å². The summed E-state index contributed by atoms with van der Waals surface area (Å²) in [5.74, 6) is -0.267. The minimum atomic E-state index is -0.438. The zero-order valence-corrected chi connectivity index (χ0v) is 9.81. The van der Waals surface area contributed by atoms with Gasteiger partial charge in [0, 0.05) is 18.3 Å². The minimum absolute atomic E-state index is 0.0303. The van der Waals surface area contributed by atoms with Gasteiger partial charge in [0.15, 0.2) is 0 Å². The molecule has 3 aliphatic rings. The molecule has 0 N–H and O–H groups in total. The van der Waals surface area contributed by atoms with E-state index in [0.717, 1.165) is 6.42 Å². The van der Waals surface area contributed by atoms with E-state index in [4.69, 9.17) is 14.2 Å². The number of esters is 1. The summed E-state index contributed by atoms with van der Waals surface area (Å²) in [6, 6.07) is 0. The molecule has 0 amide bonds. The second-order valence-electron chi connectivity index (χ2n) is 5.17. The van der Waals surface area contributed by atoms with E-state index < -0.39 is 5.60 Å². The zero-order chi connectivity index (χ0) is 12.0. The van der Waals surface area contributed by atoms with E-state index in [-0.39, 0.29) is 36.3 Å². The van der Waals surface area contributed by atoms with Crippen LogP contribution in [0.5, 0.6) is 0 Å². The Bertz CT molecular complexity index is 366. The van der Waals surface area contributed by atoms with Crippen LogP contribution in [-0.2, 0) is 23.8 Å². The van der Waals surface area contributed by atoms with Crippen LogP contribution >= 0.6 is 0 Å². The molecule has 1 heterocycles. The molecule has 5 heteroatoms. The van der Waals surface area contributed by atoms with Crippen LogP contribution in [0.1, 0.15) is 19.3 Å². The van der Waals surface area contributed by atoms with Crippen molar-refractivity contribution in [3.8, 4) is 0 Å². The van der Waals surface area contributed by atoms with E-state index in [9.17, 15) is 9.59 Å². The Labute approximate surface area is 99.4 Å². The van der Waals surface area contributed by atoms with Gasteiger partial charge in [0.2, 0.25) is 0 Å². The molecule has 1 spiro atoms. The Kier molecular flexibility index (Phi) is 2.48. The highest BCUT2D eigenvalue weighted by Crippen LogP contribution is 2.56. The number of carbonyl (C=O) groups excluding carboxylic acids is 2. The van der Waals surface area contributed by atoms with Gasteiger partial charge in [-0.25, -0.2) is 0 Å². The second-order valence-corrected chi connectivity index (χ2v) is 5.17. The lowest BCUT2D eigenvalue weighted by molar-refractivity contribution is -0.298. The highest BCUT2D eigenvalue weighted by Gasteiger charge is 2.64. The normalized spacial score (nSPS) is 44.3. The first-order valence-electron chi connectivity index (χ1n) is 5.99. The predicted octanol–water partition coefficient (Wildman–Crippen LogP) is 0.518. The molecule has 3 fully saturated rings. The Morgan fingerprint density at radius 1 is 1.53 bits per heavy atom. The topological polar surface area (TPSA) is 61.8 Å². The van der Waals surface area contributed by atoms with Gasteiger partial charge in [-0.05, 0) is 12.8 Å². The summed E-state index contributed by atoms with van der Waals surface area (Å²) in [5, 5.41) is 0. The number of ether oxygens (including phenoxy) is 3. The third kappa shape index (κ3) is 1.45. The van der Waals surface area contributed by atoms with Crippen molar-refractivity contribution in [2.45, 2.75) is 24.9 Å². The van der Waals surface area contributed by atoms with Gasteiger partial charge in [-0.3, -0.25) is 9.59 Å². The average Bonchev–Trinajstić information content (AvgIpc) is 2.29. The Balaban J connectivity index is 1.83. The Morgan fingerprint density at radius 2 is 2.35 bits per heavy atom. The average molecular weight is 240 g/mol. The van der Waals surface area contributed by atoms with Gasteiger partial charge >= 0.3 is 5.97 Å². The lowest BCUT2D eigenvalue weighted by Crippen LogP contribution is -2.67. The van der Waals surface area contributed by atoms with Crippen molar-refractivity contribution in [3.05, 3.63) is 0 Å². The van der Waals surface area contributed by atoms with Crippen molar-refractivity contribution in [2.24, 2.45) is 17.8 Å². The quantitative estimate of drug-likeness (QED) is 0.625. The van der Waals surface area contributed by atoms with Crippen molar-refractivity contribution in [3.63, 3.8) is 0 Å². The van der Waals surface area contributed by atoms with Crippen LogP contribution in [0.3, 0.4) is 0 Å². The molecular formula is C12H16O5. The number of Topliss-reactive ketones (excluding diaryl/α,β-unsaturated/α-hetero) is 1. The molecule has 1 saturated heterocycles. The van der Waals surface area contributed by atoms with Crippen molar-refractivity contribution in [1.29, 1.82) is 0 Å². The fraction of sp³-hybridized carbons (Fsp3) is 0.833. The molecule has 0 aromatic carbocycles. The molecule has 1 unspecified atom stereocenters. The third-order valence-electron chi connectivity index (χ3n) is 4.47. The highest BCUT2D eigenvalue weighted by molar-refractivity contribution is 5.89. The molecule has 0 aromatic heterocycles. The number of carbonyl (C=O) groups is 2. The Hall–Kier alpha value is -0.940. The maximum atomic E-state index is 12.0.